The molecule has 0 radical (unpaired) electrons. The zero-order chi connectivity index (χ0) is 13.7. The topological polar surface area (TPSA) is 52.9 Å². The number of carbonyl (C=O) groups is 1. The van der Waals surface area contributed by atoms with Crippen LogP contribution in [0.5, 0.6) is 0 Å². The molecule has 1 amide bonds. The second kappa shape index (κ2) is 6.41. The molecule has 3 nitrogen and oxygen atoms in total. The highest BCUT2D eigenvalue weighted by molar-refractivity contribution is 5.85. The van der Waals surface area contributed by atoms with Crippen molar-refractivity contribution < 1.29 is 4.79 Å². The Morgan fingerprint density at radius 2 is 1.84 bits per heavy atom. The van der Waals surface area contributed by atoms with Crippen molar-refractivity contribution in [1.82, 2.24) is 5.32 Å². The summed E-state index contributed by atoms with van der Waals surface area (Å²) in [6, 6.07) is 2.62. The molecule has 0 aromatic rings. The largest absolute Gasteiger partial charge is 0.352 e. The van der Waals surface area contributed by atoms with Gasteiger partial charge in [0, 0.05) is 6.04 Å². The summed E-state index contributed by atoms with van der Waals surface area (Å²) in [4.78, 5) is 12.5. The van der Waals surface area contributed by atoms with Crippen LogP contribution in [0.2, 0.25) is 0 Å². The first-order chi connectivity index (χ1) is 9.16. The van der Waals surface area contributed by atoms with Crippen LogP contribution in [-0.2, 0) is 4.79 Å². The van der Waals surface area contributed by atoms with E-state index in [0.717, 1.165) is 50.9 Å². The van der Waals surface area contributed by atoms with Crippen LogP contribution in [0.25, 0.3) is 0 Å². The number of carbonyl (C=O) groups excluding carboxylic acids is 1. The number of nitrogens with one attached hydrogen (secondary N) is 1. The molecular formula is C16H26N2O. The summed E-state index contributed by atoms with van der Waals surface area (Å²) >= 11 is 0. The second-order valence-electron chi connectivity index (χ2n) is 6.54. The quantitative estimate of drug-likeness (QED) is 0.774. The van der Waals surface area contributed by atoms with Crippen molar-refractivity contribution in [2.24, 2.45) is 11.3 Å². The van der Waals surface area contributed by atoms with E-state index in [0.29, 0.717) is 6.04 Å². The van der Waals surface area contributed by atoms with E-state index >= 15 is 0 Å². The van der Waals surface area contributed by atoms with Crippen LogP contribution in [0.15, 0.2) is 0 Å². The van der Waals surface area contributed by atoms with Gasteiger partial charge in [0.1, 0.15) is 5.41 Å². The van der Waals surface area contributed by atoms with Crippen molar-refractivity contribution >= 4 is 5.91 Å². The average Bonchev–Trinajstić information content (AvgIpc) is 2.64. The molecule has 3 heteroatoms. The van der Waals surface area contributed by atoms with Crippen LogP contribution in [-0.4, -0.2) is 11.9 Å². The third-order valence-corrected chi connectivity index (χ3v) is 4.95. The SMILES string of the molecule is CC1CCCC(NC(=O)C2(C#N)CCCCC2)CC1. The number of amides is 1. The molecule has 19 heavy (non-hydrogen) atoms. The normalized spacial score (nSPS) is 30.9. The fraction of sp³-hybridized carbons (Fsp3) is 0.875. The van der Waals surface area contributed by atoms with Gasteiger partial charge >= 0.3 is 0 Å². The number of nitrogens with zero attached hydrogens (tertiary/aromatic N) is 1. The maximum Gasteiger partial charge on any atom is 0.240 e. The minimum atomic E-state index is -0.726. The summed E-state index contributed by atoms with van der Waals surface area (Å²) in [5, 5.41) is 12.6. The van der Waals surface area contributed by atoms with Gasteiger partial charge in [-0.25, -0.2) is 0 Å². The van der Waals surface area contributed by atoms with Crippen molar-refractivity contribution in [3.05, 3.63) is 0 Å². The fourth-order valence-electron chi connectivity index (χ4n) is 3.50. The van der Waals surface area contributed by atoms with Crippen LogP contribution in [0.3, 0.4) is 0 Å². The lowest BCUT2D eigenvalue weighted by molar-refractivity contribution is -0.130. The summed E-state index contributed by atoms with van der Waals surface area (Å²) in [5.41, 5.74) is -0.726. The molecule has 0 aliphatic heterocycles. The second-order valence-corrected chi connectivity index (χ2v) is 6.54. The Morgan fingerprint density at radius 1 is 1.11 bits per heavy atom. The standard InChI is InChI=1S/C16H26N2O/c1-13-6-5-7-14(9-8-13)18-15(19)16(12-17)10-3-2-4-11-16/h13-14H,2-11H2,1H3,(H,18,19). The Morgan fingerprint density at radius 3 is 2.53 bits per heavy atom. The highest BCUT2D eigenvalue weighted by atomic mass is 16.2. The first-order valence-corrected chi connectivity index (χ1v) is 7.88. The first-order valence-electron chi connectivity index (χ1n) is 7.88. The maximum absolute atomic E-state index is 12.5. The molecule has 0 heterocycles. The van der Waals surface area contributed by atoms with E-state index in [2.05, 4.69) is 18.3 Å². The van der Waals surface area contributed by atoms with E-state index in [-0.39, 0.29) is 5.91 Å². The molecule has 2 saturated carbocycles. The lowest BCUT2D eigenvalue weighted by Crippen LogP contribution is -2.45. The third kappa shape index (κ3) is 3.49. The highest BCUT2D eigenvalue weighted by Gasteiger charge is 2.40. The van der Waals surface area contributed by atoms with Crippen LogP contribution < -0.4 is 5.32 Å². The molecule has 0 aromatic carbocycles. The van der Waals surface area contributed by atoms with E-state index in [9.17, 15) is 10.1 Å². The monoisotopic (exact) mass is 262 g/mol. The van der Waals surface area contributed by atoms with Crippen molar-refractivity contribution in [3.63, 3.8) is 0 Å². The molecule has 0 spiro atoms. The summed E-state index contributed by atoms with van der Waals surface area (Å²) in [5.74, 6) is 0.788. The predicted molar refractivity (Wildman–Crippen MR) is 75.3 cm³/mol. The Labute approximate surface area is 116 Å². The van der Waals surface area contributed by atoms with Gasteiger partial charge in [-0.1, -0.05) is 39.0 Å². The molecule has 0 saturated heterocycles. The molecule has 1 N–H and O–H groups in total. The lowest BCUT2D eigenvalue weighted by atomic mass is 9.74. The highest BCUT2D eigenvalue weighted by Crippen LogP contribution is 2.36. The van der Waals surface area contributed by atoms with Gasteiger partial charge in [0.25, 0.3) is 0 Å². The summed E-state index contributed by atoms with van der Waals surface area (Å²) in [6.07, 6.45) is 10.5. The number of rotatable bonds is 2. The van der Waals surface area contributed by atoms with Gasteiger partial charge in [-0.3, -0.25) is 4.79 Å². The van der Waals surface area contributed by atoms with Gasteiger partial charge in [-0.05, 0) is 38.0 Å². The van der Waals surface area contributed by atoms with E-state index in [4.69, 9.17) is 0 Å². The zero-order valence-corrected chi connectivity index (χ0v) is 12.1. The average molecular weight is 262 g/mol. The van der Waals surface area contributed by atoms with Gasteiger partial charge in [0.05, 0.1) is 6.07 Å². The third-order valence-electron chi connectivity index (χ3n) is 4.95. The van der Waals surface area contributed by atoms with Crippen LogP contribution >= 0.6 is 0 Å². The smallest absolute Gasteiger partial charge is 0.240 e. The molecule has 0 aromatic heterocycles. The maximum atomic E-state index is 12.5. The molecule has 2 rings (SSSR count). The Bertz CT molecular complexity index is 352. The summed E-state index contributed by atoms with van der Waals surface area (Å²) < 4.78 is 0. The van der Waals surface area contributed by atoms with Crippen LogP contribution in [0.1, 0.15) is 71.1 Å². The van der Waals surface area contributed by atoms with Crippen molar-refractivity contribution in [1.29, 1.82) is 5.26 Å². The Kier molecular flexibility index (Phi) is 4.85. The van der Waals surface area contributed by atoms with Crippen LogP contribution in [0, 0.1) is 22.7 Å². The fourth-order valence-corrected chi connectivity index (χ4v) is 3.50. The number of hydrogen-bond donors (Lipinski definition) is 1. The number of hydrogen-bond acceptors (Lipinski definition) is 2. The van der Waals surface area contributed by atoms with Crippen molar-refractivity contribution in [3.8, 4) is 6.07 Å². The molecule has 0 bridgehead atoms. The minimum Gasteiger partial charge on any atom is -0.352 e. The van der Waals surface area contributed by atoms with E-state index in [1.807, 2.05) is 0 Å². The van der Waals surface area contributed by atoms with Gasteiger partial charge in [0.15, 0.2) is 0 Å². The van der Waals surface area contributed by atoms with Crippen molar-refractivity contribution in [2.75, 3.05) is 0 Å². The molecule has 2 aliphatic rings. The Balaban J connectivity index is 1.94. The van der Waals surface area contributed by atoms with E-state index in [1.165, 1.54) is 19.3 Å². The Hall–Kier alpha value is -1.04. The van der Waals surface area contributed by atoms with E-state index in [1.54, 1.807) is 0 Å². The molecule has 2 unspecified atom stereocenters. The minimum absolute atomic E-state index is 0.00857. The lowest BCUT2D eigenvalue weighted by Gasteiger charge is -2.31. The first kappa shape index (κ1) is 14.4. The van der Waals surface area contributed by atoms with Crippen molar-refractivity contribution in [2.45, 2.75) is 77.2 Å². The molecule has 106 valence electrons. The molecule has 2 aliphatic carbocycles. The van der Waals surface area contributed by atoms with Gasteiger partial charge in [-0.2, -0.15) is 5.26 Å². The summed E-state index contributed by atoms with van der Waals surface area (Å²) in [6.45, 7) is 2.29. The zero-order valence-electron chi connectivity index (χ0n) is 12.1. The molecule has 2 atom stereocenters. The predicted octanol–water partition coefficient (Wildman–Crippen LogP) is 3.55. The molecular weight excluding hydrogens is 236 g/mol. The van der Waals surface area contributed by atoms with Gasteiger partial charge in [0.2, 0.25) is 5.91 Å². The van der Waals surface area contributed by atoms with Gasteiger partial charge < -0.3 is 5.32 Å². The molecule has 2 fully saturated rings. The van der Waals surface area contributed by atoms with Crippen LogP contribution in [0.4, 0.5) is 0 Å². The number of nitriles is 1. The summed E-state index contributed by atoms with van der Waals surface area (Å²) in [7, 11) is 0. The van der Waals surface area contributed by atoms with Gasteiger partial charge in [-0.15, -0.1) is 0 Å². The van der Waals surface area contributed by atoms with E-state index < -0.39 is 5.41 Å².